The zero-order valence-corrected chi connectivity index (χ0v) is 19.5. The van der Waals surface area contributed by atoms with Gasteiger partial charge < -0.3 is 19.3 Å². The molecule has 0 radical (unpaired) electrons. The minimum atomic E-state index is -1.39. The number of carbonyl (C=O) groups is 8. The molecule has 38 heavy (non-hydrogen) atoms. The Labute approximate surface area is 212 Å². The predicted octanol–water partition coefficient (Wildman–Crippen LogP) is -0.234. The lowest BCUT2D eigenvalue weighted by molar-refractivity contribution is -0.153. The number of carboxylic acids is 1. The van der Waals surface area contributed by atoms with Gasteiger partial charge in [0.25, 0.3) is 30.1 Å². The Balaban J connectivity index is 1.57. The van der Waals surface area contributed by atoms with Gasteiger partial charge >= 0.3 is 17.9 Å². The van der Waals surface area contributed by atoms with Crippen molar-refractivity contribution in [2.45, 2.75) is 6.42 Å². The molecule has 0 saturated heterocycles. The van der Waals surface area contributed by atoms with E-state index in [9.17, 15) is 38.4 Å². The van der Waals surface area contributed by atoms with E-state index in [2.05, 4.69) is 4.74 Å². The van der Waals surface area contributed by atoms with E-state index in [-0.39, 0.29) is 59.2 Å². The second-order valence-electron chi connectivity index (χ2n) is 8.01. The van der Waals surface area contributed by atoms with Gasteiger partial charge in [-0.25, -0.2) is 4.79 Å². The molecule has 0 aliphatic carbocycles. The maximum Gasteiger partial charge on any atom is 0.344 e. The monoisotopic (exact) mass is 526 g/mol. The summed E-state index contributed by atoms with van der Waals surface area (Å²) < 4.78 is 13.9. The maximum atomic E-state index is 13.1. The van der Waals surface area contributed by atoms with Crippen LogP contribution in [0.1, 0.15) is 47.9 Å². The summed E-state index contributed by atoms with van der Waals surface area (Å²) in [5.41, 5.74) is 0.227. The molecule has 14 nitrogen and oxygen atoms in total. The van der Waals surface area contributed by atoms with E-state index in [1.165, 1.54) is 24.3 Å². The first-order valence-corrected chi connectivity index (χ1v) is 11.1. The van der Waals surface area contributed by atoms with Crippen LogP contribution >= 0.6 is 0 Å². The molecule has 0 saturated carbocycles. The lowest BCUT2D eigenvalue weighted by Gasteiger charge is -2.31. The van der Waals surface area contributed by atoms with Crippen molar-refractivity contribution in [3.8, 4) is 0 Å². The van der Waals surface area contributed by atoms with Crippen LogP contribution in [0.4, 0.5) is 0 Å². The molecule has 2 aromatic rings. The molecule has 4 rings (SSSR count). The number of nitrogens with zero attached hydrogens (tertiary/aromatic N) is 2. The molecular formula is C24H18N2O12. The van der Waals surface area contributed by atoms with Crippen molar-refractivity contribution in [3.63, 3.8) is 0 Å². The van der Waals surface area contributed by atoms with Crippen molar-refractivity contribution < 1.29 is 57.7 Å². The molecule has 0 atom stereocenters. The summed E-state index contributed by atoms with van der Waals surface area (Å²) in [7, 11) is 0. The second kappa shape index (κ2) is 10.5. The number of aliphatic carboxylic acids is 1. The zero-order chi connectivity index (χ0) is 27.6. The SMILES string of the molecule is O=COCC(=O)OCCN1C(=O)c2ccc3c4c(ccc(c24)C1=O)C(=O)N(CCOC(=O)CC(=O)O)C3=O. The summed E-state index contributed by atoms with van der Waals surface area (Å²) in [6.07, 6.45) is -0.869. The lowest BCUT2D eigenvalue weighted by atomic mass is 9.86. The van der Waals surface area contributed by atoms with Gasteiger partial charge in [-0.3, -0.25) is 43.4 Å². The Hall–Kier alpha value is -5.14. The van der Waals surface area contributed by atoms with Gasteiger partial charge in [0.1, 0.15) is 19.6 Å². The first-order chi connectivity index (χ1) is 18.1. The highest BCUT2D eigenvalue weighted by Gasteiger charge is 2.39. The molecule has 2 aliphatic heterocycles. The summed E-state index contributed by atoms with van der Waals surface area (Å²) >= 11 is 0. The van der Waals surface area contributed by atoms with E-state index in [0.717, 1.165) is 9.80 Å². The minimum Gasteiger partial charge on any atom is -0.481 e. The van der Waals surface area contributed by atoms with Crippen molar-refractivity contribution >= 4 is 58.8 Å². The van der Waals surface area contributed by atoms with Crippen molar-refractivity contribution in [1.29, 1.82) is 0 Å². The molecule has 2 heterocycles. The van der Waals surface area contributed by atoms with Crippen LogP contribution in [0, 0.1) is 0 Å². The Bertz CT molecular complexity index is 1360. The van der Waals surface area contributed by atoms with Gasteiger partial charge in [-0.1, -0.05) is 0 Å². The number of amides is 4. The average Bonchev–Trinajstić information content (AvgIpc) is 2.88. The molecule has 0 spiro atoms. The fourth-order valence-corrected chi connectivity index (χ4v) is 4.20. The second-order valence-corrected chi connectivity index (χ2v) is 8.01. The molecular weight excluding hydrogens is 508 g/mol. The molecule has 4 amide bonds. The fraction of sp³-hybridized carbons (Fsp3) is 0.250. The minimum absolute atomic E-state index is 0.0511. The molecule has 196 valence electrons. The molecule has 14 heteroatoms. The van der Waals surface area contributed by atoms with E-state index >= 15 is 0 Å². The van der Waals surface area contributed by atoms with Crippen molar-refractivity contribution in [1.82, 2.24) is 9.80 Å². The van der Waals surface area contributed by atoms with E-state index in [1.54, 1.807) is 0 Å². The number of hydrogen-bond acceptors (Lipinski definition) is 11. The zero-order valence-electron chi connectivity index (χ0n) is 19.5. The van der Waals surface area contributed by atoms with Gasteiger partial charge in [0.15, 0.2) is 6.61 Å². The van der Waals surface area contributed by atoms with Crippen LogP contribution in [0.3, 0.4) is 0 Å². The van der Waals surface area contributed by atoms with Crippen molar-refractivity contribution in [2.24, 2.45) is 0 Å². The highest BCUT2D eigenvalue weighted by molar-refractivity contribution is 6.33. The standard InChI is InChI=1S/C24H18N2O12/c27-11-36-10-18(31)38-8-6-26-23(34)14-3-1-12-19-13(2-4-15(20(14)19)24(26)35)22(33)25(21(12)32)5-7-37-17(30)9-16(28)29/h1-4,11H,5-10H2,(H,28,29). The first-order valence-electron chi connectivity index (χ1n) is 11.1. The predicted molar refractivity (Wildman–Crippen MR) is 121 cm³/mol. The lowest BCUT2D eigenvalue weighted by Crippen LogP contribution is -2.45. The molecule has 2 aromatic carbocycles. The number of ether oxygens (including phenoxy) is 3. The van der Waals surface area contributed by atoms with Gasteiger partial charge in [-0.2, -0.15) is 0 Å². The highest BCUT2D eigenvalue weighted by atomic mass is 16.6. The number of hydrogen-bond donors (Lipinski definition) is 1. The summed E-state index contributed by atoms with van der Waals surface area (Å²) in [6.45, 7) is -1.95. The molecule has 2 aliphatic rings. The molecule has 0 aromatic heterocycles. The average molecular weight is 526 g/mol. The number of benzene rings is 2. The van der Waals surface area contributed by atoms with Gasteiger partial charge in [0.05, 0.1) is 13.1 Å². The van der Waals surface area contributed by atoms with Crippen LogP contribution in [0.2, 0.25) is 0 Å². The normalized spacial score (nSPS) is 14.0. The van der Waals surface area contributed by atoms with Gasteiger partial charge in [0.2, 0.25) is 0 Å². The molecule has 0 unspecified atom stereocenters. The summed E-state index contributed by atoms with van der Waals surface area (Å²) in [4.78, 5) is 97.8. The van der Waals surface area contributed by atoms with Crippen molar-refractivity contribution in [3.05, 3.63) is 46.5 Å². The largest absolute Gasteiger partial charge is 0.481 e. The Morgan fingerprint density at radius 1 is 0.711 bits per heavy atom. The maximum absolute atomic E-state index is 13.1. The van der Waals surface area contributed by atoms with E-state index in [0.29, 0.717) is 0 Å². The summed E-state index contributed by atoms with van der Waals surface area (Å²) in [5.74, 6) is -6.22. The van der Waals surface area contributed by atoms with Crippen LogP contribution in [0.5, 0.6) is 0 Å². The van der Waals surface area contributed by atoms with Gasteiger partial charge in [0, 0.05) is 33.0 Å². The quantitative estimate of drug-likeness (QED) is 0.133. The Kier molecular flexibility index (Phi) is 7.14. The Morgan fingerprint density at radius 2 is 1.11 bits per heavy atom. The smallest absolute Gasteiger partial charge is 0.344 e. The topological polar surface area (TPSA) is 191 Å². The van der Waals surface area contributed by atoms with Crippen molar-refractivity contribution in [2.75, 3.05) is 32.9 Å². The van der Waals surface area contributed by atoms with Crippen LogP contribution in [-0.4, -0.2) is 95.8 Å². The molecule has 0 bridgehead atoms. The third-order valence-electron chi connectivity index (χ3n) is 5.78. The van der Waals surface area contributed by atoms with E-state index < -0.39 is 61.2 Å². The van der Waals surface area contributed by atoms with E-state index in [1.807, 2.05) is 0 Å². The van der Waals surface area contributed by atoms with Crippen LogP contribution in [-0.2, 0) is 33.4 Å². The summed E-state index contributed by atoms with van der Waals surface area (Å²) in [5, 5.41) is 8.89. The van der Waals surface area contributed by atoms with Crippen LogP contribution in [0.15, 0.2) is 24.3 Å². The third-order valence-corrected chi connectivity index (χ3v) is 5.78. The third kappa shape index (κ3) is 4.66. The first kappa shape index (κ1) is 25.9. The van der Waals surface area contributed by atoms with Gasteiger partial charge in [-0.05, 0) is 24.3 Å². The highest BCUT2D eigenvalue weighted by Crippen LogP contribution is 2.37. The number of rotatable bonds is 11. The number of carbonyl (C=O) groups excluding carboxylic acids is 7. The summed E-state index contributed by atoms with van der Waals surface area (Å²) in [6, 6.07) is 5.36. The molecule has 1 N–H and O–H groups in total. The Morgan fingerprint density at radius 3 is 1.47 bits per heavy atom. The number of esters is 2. The van der Waals surface area contributed by atoms with Crippen LogP contribution < -0.4 is 0 Å². The van der Waals surface area contributed by atoms with Crippen LogP contribution in [0.25, 0.3) is 10.8 Å². The molecule has 0 fully saturated rings. The fourth-order valence-electron chi connectivity index (χ4n) is 4.20. The number of carboxylic acid groups (broad SMARTS) is 1. The van der Waals surface area contributed by atoms with Gasteiger partial charge in [-0.15, -0.1) is 0 Å². The van der Waals surface area contributed by atoms with E-state index in [4.69, 9.17) is 14.6 Å². The number of imide groups is 2.